The zero-order valence-electron chi connectivity index (χ0n) is 18.0. The van der Waals surface area contributed by atoms with Gasteiger partial charge in [-0.1, -0.05) is 62.0 Å². The number of aliphatic imine (C=N–C) groups is 1. The Balaban J connectivity index is 1.81. The van der Waals surface area contributed by atoms with E-state index in [0.29, 0.717) is 40.6 Å². The van der Waals surface area contributed by atoms with E-state index >= 15 is 0 Å². The van der Waals surface area contributed by atoms with Crippen molar-refractivity contribution in [2.45, 2.75) is 39.7 Å². The molecular weight excluding hydrogens is 408 g/mol. The monoisotopic (exact) mass is 434 g/mol. The number of fused-ring (bicyclic) bond motifs is 1. The van der Waals surface area contributed by atoms with Crippen LogP contribution in [-0.2, 0) is 6.54 Å². The largest absolute Gasteiger partial charge is 0.286 e. The smallest absolute Gasteiger partial charge is 0.280 e. The lowest BCUT2D eigenvalue weighted by molar-refractivity contribution is 0.0843. The van der Waals surface area contributed by atoms with E-state index in [1.54, 1.807) is 28.8 Å². The van der Waals surface area contributed by atoms with Crippen LogP contribution in [0.5, 0.6) is 0 Å². The van der Waals surface area contributed by atoms with Gasteiger partial charge in [-0.05, 0) is 37.0 Å². The van der Waals surface area contributed by atoms with E-state index in [4.69, 9.17) is 4.99 Å². The van der Waals surface area contributed by atoms with Gasteiger partial charge in [-0.25, -0.2) is 9.67 Å². The number of aryl methyl sites for hydroxylation is 1. The molecule has 1 aliphatic rings. The molecule has 1 aliphatic heterocycles. The maximum absolute atomic E-state index is 13.7. The van der Waals surface area contributed by atoms with E-state index in [1.807, 2.05) is 37.3 Å². The van der Waals surface area contributed by atoms with E-state index in [2.05, 4.69) is 25.0 Å². The maximum Gasteiger partial charge on any atom is 0.280 e. The number of thioether (sulfide) groups is 1. The quantitative estimate of drug-likeness (QED) is 0.591. The highest BCUT2D eigenvalue weighted by atomic mass is 32.2. The number of carbonyl (C=O) groups excluding carboxylic acids is 1. The third-order valence-electron chi connectivity index (χ3n) is 5.38. The first-order valence-corrected chi connectivity index (χ1v) is 11.6. The summed E-state index contributed by atoms with van der Waals surface area (Å²) in [6.45, 7) is 7.11. The predicted molar refractivity (Wildman–Crippen MR) is 127 cm³/mol. The summed E-state index contributed by atoms with van der Waals surface area (Å²) in [6, 6.07) is 15.2. The van der Waals surface area contributed by atoms with Crippen LogP contribution >= 0.6 is 11.8 Å². The molecule has 0 N–H and O–H groups in total. The summed E-state index contributed by atoms with van der Waals surface area (Å²) < 4.78 is 1.36. The molecule has 0 atom stereocenters. The molecule has 3 aromatic rings. The van der Waals surface area contributed by atoms with Crippen molar-refractivity contribution < 1.29 is 4.79 Å². The molecule has 2 aromatic carbocycles. The van der Waals surface area contributed by atoms with Gasteiger partial charge >= 0.3 is 0 Å². The number of aromatic nitrogens is 2. The van der Waals surface area contributed by atoms with Gasteiger partial charge in [0.2, 0.25) is 0 Å². The zero-order valence-corrected chi connectivity index (χ0v) is 18.9. The van der Waals surface area contributed by atoms with Gasteiger partial charge in [-0.15, -0.1) is 0 Å². The third-order valence-corrected chi connectivity index (χ3v) is 6.44. The van der Waals surface area contributed by atoms with Crippen molar-refractivity contribution in [3.63, 3.8) is 0 Å². The second kappa shape index (κ2) is 9.06. The molecule has 1 amide bonds. The molecule has 7 heteroatoms. The molecule has 0 spiro atoms. The first kappa shape index (κ1) is 21.3. The molecule has 0 aliphatic carbocycles. The Morgan fingerprint density at radius 3 is 2.58 bits per heavy atom. The van der Waals surface area contributed by atoms with Gasteiger partial charge in [0.25, 0.3) is 11.5 Å². The summed E-state index contributed by atoms with van der Waals surface area (Å²) in [5.74, 6) is 1.03. The normalized spacial score (nSPS) is 15.7. The van der Waals surface area contributed by atoms with Gasteiger partial charge in [0.05, 0.1) is 11.1 Å². The van der Waals surface area contributed by atoms with Crippen LogP contribution in [0, 0.1) is 0 Å². The van der Waals surface area contributed by atoms with Crippen LogP contribution in [0.2, 0.25) is 0 Å². The first-order valence-electron chi connectivity index (χ1n) is 10.6. The average Bonchev–Trinajstić information content (AvgIpc) is 2.80. The summed E-state index contributed by atoms with van der Waals surface area (Å²) in [5.41, 5.74) is 2.15. The Kier molecular flexibility index (Phi) is 6.23. The van der Waals surface area contributed by atoms with E-state index in [1.165, 1.54) is 4.68 Å². The van der Waals surface area contributed by atoms with Crippen LogP contribution in [0.3, 0.4) is 0 Å². The molecule has 1 saturated heterocycles. The van der Waals surface area contributed by atoms with E-state index in [-0.39, 0.29) is 11.5 Å². The lowest BCUT2D eigenvalue weighted by Gasteiger charge is -2.28. The van der Waals surface area contributed by atoms with Crippen LogP contribution in [0.1, 0.15) is 49.2 Å². The van der Waals surface area contributed by atoms with Crippen molar-refractivity contribution in [3.8, 4) is 0 Å². The van der Waals surface area contributed by atoms with Crippen molar-refractivity contribution in [2.24, 2.45) is 4.99 Å². The molecule has 0 unspecified atom stereocenters. The van der Waals surface area contributed by atoms with Gasteiger partial charge in [0, 0.05) is 24.2 Å². The Hall–Kier alpha value is -2.93. The molecule has 4 rings (SSSR count). The van der Waals surface area contributed by atoms with Crippen LogP contribution in [0.15, 0.2) is 58.3 Å². The van der Waals surface area contributed by atoms with Gasteiger partial charge in [-0.2, -0.15) is 5.10 Å². The Labute approximate surface area is 186 Å². The molecule has 1 aromatic heterocycles. The third kappa shape index (κ3) is 4.14. The minimum absolute atomic E-state index is 0.178. The zero-order chi connectivity index (χ0) is 22.0. The summed E-state index contributed by atoms with van der Waals surface area (Å²) in [7, 11) is 0. The van der Waals surface area contributed by atoms with E-state index in [9.17, 15) is 9.59 Å². The van der Waals surface area contributed by atoms with Crippen LogP contribution in [0.4, 0.5) is 5.69 Å². The van der Waals surface area contributed by atoms with Crippen LogP contribution in [-0.4, -0.2) is 38.1 Å². The molecule has 0 saturated carbocycles. The number of rotatable bonds is 4. The minimum Gasteiger partial charge on any atom is -0.286 e. The highest BCUT2D eigenvalue weighted by molar-refractivity contribution is 8.13. The highest BCUT2D eigenvalue weighted by Gasteiger charge is 2.28. The summed E-state index contributed by atoms with van der Waals surface area (Å²) >= 11 is 1.59. The fourth-order valence-corrected chi connectivity index (χ4v) is 4.71. The number of para-hydroxylation sites is 1. The first-order chi connectivity index (χ1) is 15.0. The Morgan fingerprint density at radius 2 is 1.84 bits per heavy atom. The van der Waals surface area contributed by atoms with Gasteiger partial charge < -0.3 is 0 Å². The van der Waals surface area contributed by atoms with Crippen molar-refractivity contribution in [1.82, 2.24) is 14.7 Å². The second-order valence-corrected chi connectivity index (χ2v) is 8.84. The van der Waals surface area contributed by atoms with E-state index < -0.39 is 0 Å². The fraction of sp³-hybridized carbons (Fsp3) is 0.333. The van der Waals surface area contributed by atoms with Crippen molar-refractivity contribution in [3.05, 3.63) is 70.1 Å². The van der Waals surface area contributed by atoms with Gasteiger partial charge in [0.15, 0.2) is 10.9 Å². The van der Waals surface area contributed by atoms with Gasteiger partial charge in [-0.3, -0.25) is 14.5 Å². The molecule has 1 fully saturated rings. The SMILES string of the molecule is CCn1nc(C(=O)N2CCCSC2=Nc2ccccc2C(C)C)c2ccccc2c1=O. The van der Waals surface area contributed by atoms with Crippen LogP contribution < -0.4 is 5.56 Å². The molecule has 0 radical (unpaired) electrons. The van der Waals surface area contributed by atoms with Crippen molar-refractivity contribution in [2.75, 3.05) is 12.3 Å². The number of hydrogen-bond donors (Lipinski definition) is 0. The van der Waals surface area contributed by atoms with Gasteiger partial charge in [0.1, 0.15) is 0 Å². The lowest BCUT2D eigenvalue weighted by Crippen LogP contribution is -2.40. The molecule has 31 heavy (non-hydrogen) atoms. The number of hydrogen-bond acceptors (Lipinski definition) is 5. The lowest BCUT2D eigenvalue weighted by atomic mass is 10.0. The van der Waals surface area contributed by atoms with E-state index in [0.717, 1.165) is 23.4 Å². The average molecular weight is 435 g/mol. The highest BCUT2D eigenvalue weighted by Crippen LogP contribution is 2.30. The molecule has 2 heterocycles. The fourth-order valence-electron chi connectivity index (χ4n) is 3.76. The van der Waals surface area contributed by atoms with Crippen LogP contribution in [0.25, 0.3) is 10.8 Å². The molecule has 6 nitrogen and oxygen atoms in total. The number of amidine groups is 1. The Morgan fingerprint density at radius 1 is 1.13 bits per heavy atom. The molecule has 160 valence electrons. The summed E-state index contributed by atoms with van der Waals surface area (Å²) in [5, 5.41) is 6.21. The number of benzene rings is 2. The number of carbonyl (C=O) groups is 1. The second-order valence-electron chi connectivity index (χ2n) is 7.78. The number of nitrogens with zero attached hydrogens (tertiary/aromatic N) is 4. The maximum atomic E-state index is 13.7. The molecular formula is C24H26N4O2S. The molecule has 0 bridgehead atoms. The standard InChI is InChI=1S/C24H26N4O2S/c1-4-28-22(29)19-12-6-5-11-18(19)21(26-28)23(30)27-14-9-15-31-24(27)25-20-13-8-7-10-17(20)16(2)3/h5-8,10-13,16H,4,9,14-15H2,1-3H3. The topological polar surface area (TPSA) is 67.6 Å². The summed E-state index contributed by atoms with van der Waals surface area (Å²) in [6.07, 6.45) is 0.882. The predicted octanol–water partition coefficient (Wildman–Crippen LogP) is 4.81. The van der Waals surface area contributed by atoms with Crippen molar-refractivity contribution >= 4 is 39.3 Å². The Bertz CT molecular complexity index is 1220. The minimum atomic E-state index is -0.216. The number of amides is 1. The van der Waals surface area contributed by atoms with Crippen molar-refractivity contribution in [1.29, 1.82) is 0 Å². The summed E-state index contributed by atoms with van der Waals surface area (Å²) in [4.78, 5) is 32.9.